The van der Waals surface area contributed by atoms with E-state index < -0.39 is 18.0 Å². The van der Waals surface area contributed by atoms with Crippen LogP contribution in [0.5, 0.6) is 0 Å². The highest BCUT2D eigenvalue weighted by Crippen LogP contribution is 2.06. The number of rotatable bonds is 7. The summed E-state index contributed by atoms with van der Waals surface area (Å²) in [6, 6.07) is 0. The van der Waals surface area contributed by atoms with Gasteiger partial charge in [-0.1, -0.05) is 15.9 Å². The Labute approximate surface area is 116 Å². The van der Waals surface area contributed by atoms with Gasteiger partial charge in [0.2, 0.25) is 0 Å². The fourth-order valence-corrected chi connectivity index (χ4v) is 1.59. The van der Waals surface area contributed by atoms with E-state index in [2.05, 4.69) is 15.9 Å². The number of esters is 1. The lowest BCUT2D eigenvalue weighted by Crippen LogP contribution is -2.45. The van der Waals surface area contributed by atoms with Crippen LogP contribution in [0, 0.1) is 0 Å². The van der Waals surface area contributed by atoms with E-state index in [0.717, 1.165) is 0 Å². The highest BCUT2D eigenvalue weighted by molar-refractivity contribution is 9.09. The van der Waals surface area contributed by atoms with E-state index in [1.54, 1.807) is 0 Å². The first-order valence-electron chi connectivity index (χ1n) is 5.00. The fraction of sp³-hybridized carbons (Fsp3) is 0.800. The summed E-state index contributed by atoms with van der Waals surface area (Å²) in [5.41, 5.74) is 0. The molecular weight excluding hydrogens is 313 g/mol. The number of alkyl halides is 1. The Bertz CT molecular complexity index is 255. The molecule has 0 fully saturated rings. The first kappa shape index (κ1) is 19.0. The largest absolute Gasteiger partial charge is 0.550 e. The maximum absolute atomic E-state index is 11.2. The molecule has 7 heteroatoms. The summed E-state index contributed by atoms with van der Waals surface area (Å²) in [5.74, 6) is -1.60. The van der Waals surface area contributed by atoms with Crippen LogP contribution in [0.25, 0.3) is 0 Å². The molecule has 102 valence electrons. The Hall–Kier alpha value is -0.330. The first-order chi connectivity index (χ1) is 7.24. The van der Waals surface area contributed by atoms with E-state index in [4.69, 9.17) is 4.74 Å². The Morgan fingerprint density at radius 1 is 1.35 bits per heavy atom. The van der Waals surface area contributed by atoms with Crippen LogP contribution in [0.15, 0.2) is 0 Å². The third kappa shape index (κ3) is 11.9. The van der Waals surface area contributed by atoms with E-state index >= 15 is 0 Å². The second-order valence-corrected chi connectivity index (χ2v) is 5.39. The number of quaternary nitrogens is 1. The number of carboxylic acid groups (broad SMARTS) is 1. The van der Waals surface area contributed by atoms with Crippen LogP contribution in [0.2, 0.25) is 0 Å². The average molecular weight is 333 g/mol. The van der Waals surface area contributed by atoms with Crippen LogP contribution in [-0.4, -0.2) is 55.5 Å². The van der Waals surface area contributed by atoms with Crippen molar-refractivity contribution < 1.29 is 23.9 Å². The number of carbonyl (C=O) groups is 2. The zero-order valence-corrected chi connectivity index (χ0v) is 12.7. The van der Waals surface area contributed by atoms with Crippen molar-refractivity contribution in [1.82, 2.24) is 0 Å². The highest BCUT2D eigenvalue weighted by Gasteiger charge is 2.21. The molecule has 0 radical (unpaired) electrons. The van der Waals surface area contributed by atoms with Gasteiger partial charge in [0.15, 0.2) is 6.10 Å². The van der Waals surface area contributed by atoms with Crippen molar-refractivity contribution in [3.05, 3.63) is 0 Å². The van der Waals surface area contributed by atoms with Gasteiger partial charge in [-0.25, -0.2) is 0 Å². The Kier molecular flexibility index (Phi) is 9.75. The predicted octanol–water partition coefficient (Wildman–Crippen LogP) is -0.0488. The fourth-order valence-electron chi connectivity index (χ4n) is 1.26. The molecule has 0 saturated heterocycles. The second kappa shape index (κ2) is 8.72. The van der Waals surface area contributed by atoms with Crippen LogP contribution < -0.4 is 5.11 Å². The van der Waals surface area contributed by atoms with Crippen molar-refractivity contribution in [2.24, 2.45) is 0 Å². The zero-order chi connectivity index (χ0) is 12.8. The van der Waals surface area contributed by atoms with E-state index in [1.807, 2.05) is 21.1 Å². The lowest BCUT2D eigenvalue weighted by Gasteiger charge is -2.29. The molecule has 0 rings (SSSR count). The lowest BCUT2D eigenvalue weighted by molar-refractivity contribution is -0.873. The van der Waals surface area contributed by atoms with Crippen LogP contribution in [0.1, 0.15) is 12.8 Å². The van der Waals surface area contributed by atoms with Gasteiger partial charge in [-0.05, 0) is 0 Å². The van der Waals surface area contributed by atoms with E-state index in [1.165, 1.54) is 0 Å². The molecule has 17 heavy (non-hydrogen) atoms. The molecule has 0 saturated carbocycles. The van der Waals surface area contributed by atoms with Crippen molar-refractivity contribution >= 4 is 40.3 Å². The summed E-state index contributed by atoms with van der Waals surface area (Å²) >= 11 is 3.12. The summed E-state index contributed by atoms with van der Waals surface area (Å²) in [4.78, 5) is 21.8. The number of hydrogen-bond acceptors (Lipinski definition) is 4. The second-order valence-electron chi connectivity index (χ2n) is 4.60. The van der Waals surface area contributed by atoms with Crippen LogP contribution in [-0.2, 0) is 14.3 Å². The number of aliphatic carboxylic acids is 1. The van der Waals surface area contributed by atoms with Gasteiger partial charge in [0, 0.05) is 17.7 Å². The van der Waals surface area contributed by atoms with Crippen LogP contribution in [0.3, 0.4) is 0 Å². The van der Waals surface area contributed by atoms with Gasteiger partial charge in [-0.3, -0.25) is 4.79 Å². The molecule has 0 aliphatic carbocycles. The number of halogens is 2. The van der Waals surface area contributed by atoms with Gasteiger partial charge in [0.1, 0.15) is 6.54 Å². The number of carbonyl (C=O) groups excluding carboxylic acids is 2. The minimum absolute atomic E-state index is 0. The monoisotopic (exact) mass is 331 g/mol. The summed E-state index contributed by atoms with van der Waals surface area (Å²) in [6.07, 6.45) is -0.652. The molecule has 5 nitrogen and oxygen atoms in total. The molecule has 0 N–H and O–H groups in total. The Balaban J connectivity index is 0. The minimum atomic E-state index is -1.20. The van der Waals surface area contributed by atoms with Crippen LogP contribution >= 0.6 is 28.3 Å². The summed E-state index contributed by atoms with van der Waals surface area (Å²) in [6.45, 7) is 0.446. The van der Waals surface area contributed by atoms with Gasteiger partial charge in [0.25, 0.3) is 0 Å². The number of carboxylic acids is 1. The van der Waals surface area contributed by atoms with Gasteiger partial charge >= 0.3 is 5.97 Å². The van der Waals surface area contributed by atoms with Gasteiger partial charge in [-0.15, -0.1) is 12.4 Å². The van der Waals surface area contributed by atoms with Gasteiger partial charge in [-0.2, -0.15) is 0 Å². The maximum Gasteiger partial charge on any atom is 0.307 e. The number of nitrogens with zero attached hydrogens (tertiary/aromatic N) is 1. The van der Waals surface area contributed by atoms with Crippen molar-refractivity contribution in [2.45, 2.75) is 18.9 Å². The highest BCUT2D eigenvalue weighted by atomic mass is 79.9. The maximum atomic E-state index is 11.2. The average Bonchev–Trinajstić information content (AvgIpc) is 1.98. The molecule has 1 atom stereocenters. The molecule has 0 aliphatic rings. The predicted molar refractivity (Wildman–Crippen MR) is 68.1 cm³/mol. The molecule has 0 spiro atoms. The molecular formula is C10H19BrClNO4. The van der Waals surface area contributed by atoms with E-state index in [0.29, 0.717) is 16.4 Å². The smallest absolute Gasteiger partial charge is 0.307 e. The summed E-state index contributed by atoms with van der Waals surface area (Å²) < 4.78 is 5.60. The molecule has 0 aromatic heterocycles. The van der Waals surface area contributed by atoms with Crippen LogP contribution in [0.4, 0.5) is 0 Å². The number of hydrogen-bond donors (Lipinski definition) is 0. The quantitative estimate of drug-likeness (QED) is 0.372. The Morgan fingerprint density at radius 3 is 2.24 bits per heavy atom. The molecule has 0 amide bonds. The molecule has 0 bridgehead atoms. The zero-order valence-electron chi connectivity index (χ0n) is 10.3. The third-order valence-electron chi connectivity index (χ3n) is 1.74. The topological polar surface area (TPSA) is 66.4 Å². The summed E-state index contributed by atoms with van der Waals surface area (Å²) in [7, 11) is 5.71. The summed E-state index contributed by atoms with van der Waals surface area (Å²) in [5, 5.41) is 11.0. The first-order valence-corrected chi connectivity index (χ1v) is 6.12. The van der Waals surface area contributed by atoms with Crippen molar-refractivity contribution in [3.63, 3.8) is 0 Å². The molecule has 0 aromatic carbocycles. The van der Waals surface area contributed by atoms with Crippen molar-refractivity contribution in [1.29, 1.82) is 0 Å². The van der Waals surface area contributed by atoms with E-state index in [-0.39, 0.29) is 25.2 Å². The molecule has 0 heterocycles. The van der Waals surface area contributed by atoms with E-state index in [9.17, 15) is 14.7 Å². The van der Waals surface area contributed by atoms with Gasteiger partial charge in [0.05, 0.1) is 27.6 Å². The minimum Gasteiger partial charge on any atom is -0.550 e. The molecule has 0 aliphatic heterocycles. The SMILES string of the molecule is C[N+](C)(C)CC(CC(=O)[O-])OC(=O)CCBr.Cl. The number of likely N-dealkylation sites (N-methyl/N-ethyl adjacent to an activating group) is 1. The standard InChI is InChI=1S/C10H18BrNO4.ClH/c1-12(2,3)7-8(6-9(13)14)16-10(15)4-5-11;/h8H,4-7H2,1-3H3;1H. The third-order valence-corrected chi connectivity index (χ3v) is 2.14. The Morgan fingerprint density at radius 2 is 1.88 bits per heavy atom. The molecule has 0 aromatic rings. The normalized spacial score (nSPS) is 12.5. The van der Waals surface area contributed by atoms with Gasteiger partial charge < -0.3 is 19.1 Å². The number of ether oxygens (including phenoxy) is 1. The van der Waals surface area contributed by atoms with Crippen molar-refractivity contribution in [2.75, 3.05) is 33.0 Å². The molecule has 1 unspecified atom stereocenters. The van der Waals surface area contributed by atoms with Crippen molar-refractivity contribution in [3.8, 4) is 0 Å². The lowest BCUT2D eigenvalue weighted by atomic mass is 10.2.